The number of hydrogen-bond acceptors (Lipinski definition) is 3. The predicted octanol–water partition coefficient (Wildman–Crippen LogP) is 4.87. The molecule has 0 saturated heterocycles. The Kier molecular flexibility index (Phi) is 4.32. The first-order chi connectivity index (χ1) is 9.01. The Morgan fingerprint density at radius 1 is 1.26 bits per heavy atom. The van der Waals surface area contributed by atoms with Crippen molar-refractivity contribution in [3.8, 4) is 5.75 Å². The van der Waals surface area contributed by atoms with Gasteiger partial charge in [0.1, 0.15) is 11.6 Å². The van der Waals surface area contributed by atoms with Gasteiger partial charge < -0.3 is 10.1 Å². The molecule has 1 N–H and O–H groups in total. The summed E-state index contributed by atoms with van der Waals surface area (Å²) in [5, 5.41) is 3.93. The van der Waals surface area contributed by atoms with E-state index in [-0.39, 0.29) is 0 Å². The lowest BCUT2D eigenvalue weighted by molar-refractivity contribution is 0.416. The normalized spacial score (nSPS) is 10.4. The van der Waals surface area contributed by atoms with Crippen LogP contribution in [0.5, 0.6) is 5.75 Å². The fourth-order valence-electron chi connectivity index (χ4n) is 1.68. The summed E-state index contributed by atoms with van der Waals surface area (Å²) in [7, 11) is 1.62. The van der Waals surface area contributed by atoms with Gasteiger partial charge >= 0.3 is 0 Å². The molecule has 100 valence electrons. The SMILES string of the molecule is COc1cc(Cl)c(C)cc1Nc1ccc(Br)c(C)n1. The molecule has 0 aliphatic carbocycles. The zero-order chi connectivity index (χ0) is 14.0. The van der Waals surface area contributed by atoms with Crippen LogP contribution in [0.3, 0.4) is 0 Å². The van der Waals surface area contributed by atoms with Crippen molar-refractivity contribution in [2.24, 2.45) is 0 Å². The Morgan fingerprint density at radius 2 is 2.00 bits per heavy atom. The van der Waals surface area contributed by atoms with Gasteiger partial charge in [-0.25, -0.2) is 4.98 Å². The van der Waals surface area contributed by atoms with Gasteiger partial charge in [0.15, 0.2) is 0 Å². The molecule has 0 spiro atoms. The van der Waals surface area contributed by atoms with Crippen molar-refractivity contribution in [3.05, 3.63) is 45.0 Å². The second-order valence-corrected chi connectivity index (χ2v) is 5.45. The van der Waals surface area contributed by atoms with E-state index in [9.17, 15) is 0 Å². The third kappa shape index (κ3) is 3.19. The summed E-state index contributed by atoms with van der Waals surface area (Å²) < 4.78 is 6.31. The largest absolute Gasteiger partial charge is 0.495 e. The van der Waals surface area contributed by atoms with Crippen LogP contribution in [0.1, 0.15) is 11.3 Å². The van der Waals surface area contributed by atoms with E-state index in [1.807, 2.05) is 32.0 Å². The van der Waals surface area contributed by atoms with Gasteiger partial charge in [0.05, 0.1) is 18.5 Å². The molecule has 0 radical (unpaired) electrons. The van der Waals surface area contributed by atoms with E-state index in [2.05, 4.69) is 26.2 Å². The summed E-state index contributed by atoms with van der Waals surface area (Å²) >= 11 is 9.52. The Bertz CT molecular complexity index is 617. The van der Waals surface area contributed by atoms with Crippen LogP contribution in [0.25, 0.3) is 0 Å². The lowest BCUT2D eigenvalue weighted by Gasteiger charge is -2.13. The second kappa shape index (κ2) is 5.80. The number of methoxy groups -OCH3 is 1. The molecule has 0 aliphatic rings. The number of pyridine rings is 1. The van der Waals surface area contributed by atoms with Gasteiger partial charge in [-0.1, -0.05) is 11.6 Å². The van der Waals surface area contributed by atoms with Crippen molar-refractivity contribution in [1.29, 1.82) is 0 Å². The van der Waals surface area contributed by atoms with Gasteiger partial charge in [0.2, 0.25) is 0 Å². The molecular weight excluding hydrogens is 328 g/mol. The molecule has 1 aromatic carbocycles. The molecule has 0 fully saturated rings. The molecule has 0 bridgehead atoms. The van der Waals surface area contributed by atoms with Crippen molar-refractivity contribution in [2.75, 3.05) is 12.4 Å². The van der Waals surface area contributed by atoms with Crippen molar-refractivity contribution < 1.29 is 4.74 Å². The Labute approximate surface area is 126 Å². The van der Waals surface area contributed by atoms with Crippen molar-refractivity contribution in [2.45, 2.75) is 13.8 Å². The van der Waals surface area contributed by atoms with Gasteiger partial charge in [-0.15, -0.1) is 0 Å². The van der Waals surface area contributed by atoms with Gasteiger partial charge in [0.25, 0.3) is 0 Å². The van der Waals surface area contributed by atoms with E-state index in [0.717, 1.165) is 27.2 Å². The maximum atomic E-state index is 6.08. The van der Waals surface area contributed by atoms with E-state index >= 15 is 0 Å². The molecule has 0 aliphatic heterocycles. The van der Waals surface area contributed by atoms with Crippen LogP contribution in [0.15, 0.2) is 28.7 Å². The Balaban J connectivity index is 2.37. The first kappa shape index (κ1) is 14.2. The summed E-state index contributed by atoms with van der Waals surface area (Å²) in [5.74, 6) is 1.46. The minimum Gasteiger partial charge on any atom is -0.495 e. The van der Waals surface area contributed by atoms with Crippen LogP contribution >= 0.6 is 27.5 Å². The van der Waals surface area contributed by atoms with Crippen LogP contribution in [-0.2, 0) is 0 Å². The molecule has 1 heterocycles. The number of nitrogens with zero attached hydrogens (tertiary/aromatic N) is 1. The highest BCUT2D eigenvalue weighted by molar-refractivity contribution is 9.10. The monoisotopic (exact) mass is 340 g/mol. The summed E-state index contributed by atoms with van der Waals surface area (Å²) in [6.07, 6.45) is 0. The molecule has 1 aromatic heterocycles. The van der Waals surface area contributed by atoms with Crippen LogP contribution in [0, 0.1) is 13.8 Å². The molecule has 0 unspecified atom stereocenters. The molecule has 3 nitrogen and oxygen atoms in total. The number of hydrogen-bond donors (Lipinski definition) is 1. The summed E-state index contributed by atoms with van der Waals surface area (Å²) in [6.45, 7) is 3.90. The number of benzene rings is 1. The fourth-order valence-corrected chi connectivity index (χ4v) is 2.06. The summed E-state index contributed by atoms with van der Waals surface area (Å²) in [4.78, 5) is 4.45. The van der Waals surface area contributed by atoms with Crippen molar-refractivity contribution in [3.63, 3.8) is 0 Å². The quantitative estimate of drug-likeness (QED) is 0.865. The van der Waals surface area contributed by atoms with E-state index in [1.165, 1.54) is 0 Å². The maximum Gasteiger partial charge on any atom is 0.143 e. The third-order valence-electron chi connectivity index (χ3n) is 2.76. The molecule has 0 amide bonds. The fraction of sp³-hybridized carbons (Fsp3) is 0.214. The number of nitrogens with one attached hydrogen (secondary N) is 1. The van der Waals surface area contributed by atoms with E-state index in [1.54, 1.807) is 13.2 Å². The standard InChI is InChI=1S/C14H14BrClN2O/c1-8-6-12(13(19-3)7-11(8)16)18-14-5-4-10(15)9(2)17-14/h4-7H,1-3H3,(H,17,18). The number of ether oxygens (including phenoxy) is 1. The second-order valence-electron chi connectivity index (χ2n) is 4.19. The van der Waals surface area contributed by atoms with E-state index in [0.29, 0.717) is 10.8 Å². The van der Waals surface area contributed by atoms with Crippen molar-refractivity contribution >= 4 is 39.0 Å². The molecule has 5 heteroatoms. The third-order valence-corrected chi connectivity index (χ3v) is 4.01. The smallest absolute Gasteiger partial charge is 0.143 e. The molecular formula is C14H14BrClN2O. The minimum absolute atomic E-state index is 0.683. The minimum atomic E-state index is 0.683. The Hall–Kier alpha value is -1.26. The molecule has 2 rings (SSSR count). The van der Waals surface area contributed by atoms with Gasteiger partial charge in [-0.05, 0) is 53.5 Å². The number of aryl methyl sites for hydroxylation is 2. The molecule has 0 saturated carbocycles. The topological polar surface area (TPSA) is 34.1 Å². The number of halogens is 2. The zero-order valence-corrected chi connectivity index (χ0v) is 13.3. The highest BCUT2D eigenvalue weighted by Crippen LogP contribution is 2.33. The van der Waals surface area contributed by atoms with Gasteiger partial charge in [-0.2, -0.15) is 0 Å². The lowest BCUT2D eigenvalue weighted by Crippen LogP contribution is -1.98. The van der Waals surface area contributed by atoms with Gasteiger partial charge in [-0.3, -0.25) is 0 Å². The van der Waals surface area contributed by atoms with Crippen molar-refractivity contribution in [1.82, 2.24) is 4.98 Å². The number of anilines is 2. The van der Waals surface area contributed by atoms with Crippen LogP contribution in [-0.4, -0.2) is 12.1 Å². The molecule has 2 aromatic rings. The highest BCUT2D eigenvalue weighted by atomic mass is 79.9. The number of aromatic nitrogens is 1. The highest BCUT2D eigenvalue weighted by Gasteiger charge is 2.08. The van der Waals surface area contributed by atoms with Crippen LogP contribution in [0.2, 0.25) is 5.02 Å². The summed E-state index contributed by atoms with van der Waals surface area (Å²) in [5.41, 5.74) is 2.76. The zero-order valence-electron chi connectivity index (χ0n) is 10.9. The molecule has 0 atom stereocenters. The first-order valence-corrected chi connectivity index (χ1v) is 6.92. The van der Waals surface area contributed by atoms with Crippen LogP contribution < -0.4 is 10.1 Å². The van der Waals surface area contributed by atoms with E-state index < -0.39 is 0 Å². The average molecular weight is 342 g/mol. The van der Waals surface area contributed by atoms with Gasteiger partial charge in [0, 0.05) is 15.6 Å². The maximum absolute atomic E-state index is 6.08. The lowest BCUT2D eigenvalue weighted by atomic mass is 10.2. The summed E-state index contributed by atoms with van der Waals surface area (Å²) in [6, 6.07) is 7.60. The molecule has 19 heavy (non-hydrogen) atoms. The number of rotatable bonds is 3. The Morgan fingerprint density at radius 3 is 2.63 bits per heavy atom. The van der Waals surface area contributed by atoms with Crippen LogP contribution in [0.4, 0.5) is 11.5 Å². The first-order valence-electron chi connectivity index (χ1n) is 5.75. The predicted molar refractivity (Wildman–Crippen MR) is 82.7 cm³/mol. The average Bonchev–Trinajstić information content (AvgIpc) is 2.38. The van der Waals surface area contributed by atoms with E-state index in [4.69, 9.17) is 16.3 Å².